The molecular formula is C17H18N6O. The molecular weight excluding hydrogens is 304 g/mol. The summed E-state index contributed by atoms with van der Waals surface area (Å²) in [6.07, 6.45) is 1.30. The van der Waals surface area contributed by atoms with Gasteiger partial charge in [-0.1, -0.05) is 12.1 Å². The van der Waals surface area contributed by atoms with Crippen molar-refractivity contribution in [1.82, 2.24) is 14.9 Å². The third-order valence-electron chi connectivity index (χ3n) is 4.21. The van der Waals surface area contributed by atoms with Gasteiger partial charge in [0.25, 0.3) is 0 Å². The first-order chi connectivity index (χ1) is 11.4. The Morgan fingerprint density at radius 2 is 2.21 bits per heavy atom. The Bertz CT molecular complexity index is 843. The van der Waals surface area contributed by atoms with E-state index >= 15 is 0 Å². The van der Waals surface area contributed by atoms with E-state index in [9.17, 15) is 5.11 Å². The van der Waals surface area contributed by atoms with E-state index in [0.29, 0.717) is 23.5 Å². The third kappa shape index (κ3) is 2.79. The van der Waals surface area contributed by atoms with Crippen molar-refractivity contribution >= 4 is 5.96 Å². The largest absolute Gasteiger partial charge is 0.373 e. The molecule has 7 heteroatoms. The van der Waals surface area contributed by atoms with Gasteiger partial charge in [0.1, 0.15) is 11.8 Å². The molecule has 3 rings (SSSR count). The van der Waals surface area contributed by atoms with E-state index in [4.69, 9.17) is 11.0 Å². The maximum absolute atomic E-state index is 10.2. The van der Waals surface area contributed by atoms with Gasteiger partial charge in [-0.15, -0.1) is 0 Å². The van der Waals surface area contributed by atoms with Gasteiger partial charge in [-0.25, -0.2) is 15.0 Å². The molecule has 1 aliphatic rings. The first kappa shape index (κ1) is 15.9. The SMILES string of the molecule is CN1C(N)=N[C@](C)(c2ccnc(-c3cccc(C#N)c3)n2)CC1O. The van der Waals surface area contributed by atoms with Crippen LogP contribution in [-0.4, -0.2) is 39.2 Å². The molecule has 2 aromatic rings. The number of aromatic nitrogens is 2. The number of benzene rings is 1. The van der Waals surface area contributed by atoms with E-state index in [2.05, 4.69) is 21.0 Å². The second kappa shape index (κ2) is 5.91. The number of hydrogen-bond acceptors (Lipinski definition) is 7. The van der Waals surface area contributed by atoms with Gasteiger partial charge >= 0.3 is 0 Å². The minimum Gasteiger partial charge on any atom is -0.373 e. The Balaban J connectivity index is 2.03. The quantitative estimate of drug-likeness (QED) is 0.859. The van der Waals surface area contributed by atoms with Crippen LogP contribution < -0.4 is 5.73 Å². The van der Waals surface area contributed by atoms with Crippen LogP contribution in [0.3, 0.4) is 0 Å². The number of rotatable bonds is 2. The maximum atomic E-state index is 10.2. The Morgan fingerprint density at radius 1 is 1.42 bits per heavy atom. The zero-order chi connectivity index (χ0) is 17.3. The highest BCUT2D eigenvalue weighted by molar-refractivity contribution is 5.79. The zero-order valence-electron chi connectivity index (χ0n) is 13.5. The van der Waals surface area contributed by atoms with E-state index in [1.165, 1.54) is 4.90 Å². The molecule has 2 atom stereocenters. The summed E-state index contributed by atoms with van der Waals surface area (Å²) in [6, 6.07) is 11.0. The van der Waals surface area contributed by atoms with Crippen LogP contribution in [0.5, 0.6) is 0 Å². The third-order valence-corrected chi connectivity index (χ3v) is 4.21. The predicted octanol–water partition coefficient (Wildman–Crippen LogP) is 1.20. The molecule has 24 heavy (non-hydrogen) atoms. The van der Waals surface area contributed by atoms with Crippen molar-refractivity contribution in [3.63, 3.8) is 0 Å². The molecule has 1 aromatic heterocycles. The fourth-order valence-corrected chi connectivity index (χ4v) is 2.71. The molecule has 1 aliphatic heterocycles. The lowest BCUT2D eigenvalue weighted by molar-refractivity contribution is 0.0284. The molecule has 0 saturated heterocycles. The van der Waals surface area contributed by atoms with Gasteiger partial charge < -0.3 is 15.7 Å². The molecule has 0 spiro atoms. The van der Waals surface area contributed by atoms with E-state index < -0.39 is 11.8 Å². The van der Waals surface area contributed by atoms with Crippen LogP contribution in [-0.2, 0) is 5.54 Å². The summed E-state index contributed by atoms with van der Waals surface area (Å²) >= 11 is 0. The van der Waals surface area contributed by atoms with E-state index in [1.54, 1.807) is 37.5 Å². The number of aliphatic imine (C=N–C) groups is 1. The molecule has 0 fully saturated rings. The van der Waals surface area contributed by atoms with Gasteiger partial charge in [-0.3, -0.25) is 0 Å². The summed E-state index contributed by atoms with van der Waals surface area (Å²) in [5.74, 6) is 0.774. The van der Waals surface area contributed by atoms with Crippen LogP contribution >= 0.6 is 0 Å². The van der Waals surface area contributed by atoms with Crippen molar-refractivity contribution < 1.29 is 5.11 Å². The van der Waals surface area contributed by atoms with E-state index in [-0.39, 0.29) is 5.96 Å². The number of guanidine groups is 1. The first-order valence-corrected chi connectivity index (χ1v) is 7.53. The van der Waals surface area contributed by atoms with Gasteiger partial charge in [0.15, 0.2) is 11.8 Å². The highest BCUT2D eigenvalue weighted by atomic mass is 16.3. The van der Waals surface area contributed by atoms with Gasteiger partial charge in [0.2, 0.25) is 0 Å². The average Bonchev–Trinajstić information content (AvgIpc) is 2.60. The fraction of sp³-hybridized carbons (Fsp3) is 0.294. The van der Waals surface area contributed by atoms with Gasteiger partial charge in [0, 0.05) is 25.2 Å². The average molecular weight is 322 g/mol. The van der Waals surface area contributed by atoms with Crippen LogP contribution in [0.4, 0.5) is 0 Å². The molecule has 0 aliphatic carbocycles. The number of nitrogens with zero attached hydrogens (tertiary/aromatic N) is 5. The molecule has 2 heterocycles. The number of nitriles is 1. The molecule has 7 nitrogen and oxygen atoms in total. The summed E-state index contributed by atoms with van der Waals surface area (Å²) in [5.41, 5.74) is 7.14. The smallest absolute Gasteiger partial charge is 0.193 e. The van der Waals surface area contributed by atoms with Crippen molar-refractivity contribution in [1.29, 1.82) is 5.26 Å². The van der Waals surface area contributed by atoms with Crippen molar-refractivity contribution in [3.8, 4) is 17.5 Å². The molecule has 0 bridgehead atoms. The van der Waals surface area contributed by atoms with E-state index in [1.807, 2.05) is 13.0 Å². The van der Waals surface area contributed by atoms with Crippen molar-refractivity contribution in [2.45, 2.75) is 25.1 Å². The predicted molar refractivity (Wildman–Crippen MR) is 89.5 cm³/mol. The highest BCUT2D eigenvalue weighted by Crippen LogP contribution is 2.33. The summed E-state index contributed by atoms with van der Waals surface area (Å²) in [5, 5.41) is 19.2. The maximum Gasteiger partial charge on any atom is 0.193 e. The molecule has 0 amide bonds. The summed E-state index contributed by atoms with van der Waals surface area (Å²) in [6.45, 7) is 1.88. The lowest BCUT2D eigenvalue weighted by Crippen LogP contribution is -2.50. The van der Waals surface area contributed by atoms with Crippen LogP contribution in [0, 0.1) is 11.3 Å². The highest BCUT2D eigenvalue weighted by Gasteiger charge is 2.37. The topological polar surface area (TPSA) is 111 Å². The van der Waals surface area contributed by atoms with Gasteiger partial charge in [0.05, 0.1) is 17.3 Å². The van der Waals surface area contributed by atoms with Crippen molar-refractivity contribution in [2.75, 3.05) is 7.05 Å². The number of hydrogen-bond donors (Lipinski definition) is 2. The summed E-state index contributed by atoms with van der Waals surface area (Å²) in [4.78, 5) is 14.9. The lowest BCUT2D eigenvalue weighted by Gasteiger charge is -2.38. The molecule has 0 saturated carbocycles. The Morgan fingerprint density at radius 3 is 2.92 bits per heavy atom. The standard InChI is InChI=1S/C17H18N6O/c1-17(9-14(24)23(2)16(19)22-17)13-6-7-20-15(21-13)12-5-3-4-11(8-12)10-18/h3-8,14,24H,9H2,1-2H3,(H2,19,22)/t14?,17-/m0/s1. The van der Waals surface area contributed by atoms with Crippen molar-refractivity contribution in [2.24, 2.45) is 10.7 Å². The van der Waals surface area contributed by atoms with Gasteiger partial charge in [-0.05, 0) is 25.1 Å². The lowest BCUT2D eigenvalue weighted by atomic mass is 9.91. The second-order valence-electron chi connectivity index (χ2n) is 6.00. The Labute approximate surface area is 140 Å². The molecule has 1 unspecified atom stereocenters. The minimum atomic E-state index is -0.736. The second-order valence-corrected chi connectivity index (χ2v) is 6.00. The molecule has 3 N–H and O–H groups in total. The fourth-order valence-electron chi connectivity index (χ4n) is 2.71. The van der Waals surface area contributed by atoms with Gasteiger partial charge in [-0.2, -0.15) is 5.26 Å². The normalized spacial score (nSPS) is 23.5. The van der Waals surface area contributed by atoms with Crippen LogP contribution in [0.1, 0.15) is 24.6 Å². The summed E-state index contributed by atoms with van der Waals surface area (Å²) < 4.78 is 0. The number of aliphatic hydroxyl groups is 1. The van der Waals surface area contributed by atoms with Crippen LogP contribution in [0.15, 0.2) is 41.5 Å². The monoisotopic (exact) mass is 322 g/mol. The zero-order valence-corrected chi connectivity index (χ0v) is 13.5. The number of aliphatic hydroxyl groups excluding tert-OH is 1. The summed E-state index contributed by atoms with van der Waals surface area (Å²) in [7, 11) is 1.70. The first-order valence-electron chi connectivity index (χ1n) is 7.53. The van der Waals surface area contributed by atoms with E-state index in [0.717, 1.165) is 5.56 Å². The van der Waals surface area contributed by atoms with Crippen LogP contribution in [0.2, 0.25) is 0 Å². The molecule has 1 aromatic carbocycles. The molecule has 0 radical (unpaired) electrons. The Kier molecular flexibility index (Phi) is 3.91. The van der Waals surface area contributed by atoms with Crippen molar-refractivity contribution in [3.05, 3.63) is 47.8 Å². The Hall–Kier alpha value is -2.98. The molecule has 122 valence electrons. The van der Waals surface area contributed by atoms with Crippen LogP contribution in [0.25, 0.3) is 11.4 Å². The minimum absolute atomic E-state index is 0.267. The number of nitrogens with two attached hydrogens (primary N) is 1.